The topological polar surface area (TPSA) is 41.6 Å². The SMILES string of the molecule is COc1ccc(-c2cc(C(=O)N3CCCNCC3)sc2C)cc1. The molecular weight excluding hydrogens is 308 g/mol. The fraction of sp³-hybridized carbons (Fsp3) is 0.389. The number of ether oxygens (including phenoxy) is 1. The van der Waals surface area contributed by atoms with E-state index in [2.05, 4.69) is 12.2 Å². The molecule has 2 heterocycles. The van der Waals surface area contributed by atoms with E-state index in [4.69, 9.17) is 4.74 Å². The van der Waals surface area contributed by atoms with Crippen molar-refractivity contribution in [2.45, 2.75) is 13.3 Å². The van der Waals surface area contributed by atoms with Gasteiger partial charge in [0, 0.05) is 24.5 Å². The first-order valence-corrected chi connectivity index (χ1v) is 8.75. The molecule has 2 aromatic rings. The van der Waals surface area contributed by atoms with E-state index in [0.29, 0.717) is 0 Å². The van der Waals surface area contributed by atoms with Gasteiger partial charge in [0.15, 0.2) is 0 Å². The van der Waals surface area contributed by atoms with Crippen LogP contribution in [-0.2, 0) is 0 Å². The van der Waals surface area contributed by atoms with Crippen molar-refractivity contribution in [2.75, 3.05) is 33.3 Å². The quantitative estimate of drug-likeness (QED) is 0.940. The van der Waals surface area contributed by atoms with Crippen LogP contribution in [0.15, 0.2) is 30.3 Å². The molecule has 1 aliphatic heterocycles. The van der Waals surface area contributed by atoms with Crippen LogP contribution in [0.25, 0.3) is 11.1 Å². The van der Waals surface area contributed by atoms with E-state index < -0.39 is 0 Å². The summed E-state index contributed by atoms with van der Waals surface area (Å²) in [6, 6.07) is 10.0. The van der Waals surface area contributed by atoms with E-state index in [1.165, 1.54) is 4.88 Å². The number of methoxy groups -OCH3 is 1. The molecule has 4 nitrogen and oxygen atoms in total. The van der Waals surface area contributed by atoms with Crippen molar-refractivity contribution in [3.8, 4) is 16.9 Å². The lowest BCUT2D eigenvalue weighted by molar-refractivity contribution is 0.0771. The second kappa shape index (κ2) is 7.15. The molecule has 1 aromatic heterocycles. The highest BCUT2D eigenvalue weighted by atomic mass is 32.1. The van der Waals surface area contributed by atoms with E-state index in [1.807, 2.05) is 35.2 Å². The molecule has 0 aliphatic carbocycles. The van der Waals surface area contributed by atoms with Crippen LogP contribution in [0.1, 0.15) is 21.0 Å². The average Bonchev–Trinajstić information content (AvgIpc) is 2.79. The third kappa shape index (κ3) is 3.57. The van der Waals surface area contributed by atoms with Gasteiger partial charge in [0.1, 0.15) is 5.75 Å². The van der Waals surface area contributed by atoms with Gasteiger partial charge in [-0.15, -0.1) is 11.3 Å². The van der Waals surface area contributed by atoms with Crippen LogP contribution in [-0.4, -0.2) is 44.1 Å². The number of thiophene rings is 1. The Bertz CT molecular complexity index is 671. The summed E-state index contributed by atoms with van der Waals surface area (Å²) in [6.45, 7) is 5.56. The second-order valence-corrected chi connectivity index (χ2v) is 6.96. The van der Waals surface area contributed by atoms with Gasteiger partial charge in [0.2, 0.25) is 0 Å². The summed E-state index contributed by atoms with van der Waals surface area (Å²) in [6.07, 6.45) is 1.02. The highest BCUT2D eigenvalue weighted by Crippen LogP contribution is 2.32. The number of amides is 1. The predicted molar refractivity (Wildman–Crippen MR) is 94.4 cm³/mol. The highest BCUT2D eigenvalue weighted by molar-refractivity contribution is 7.14. The Labute approximate surface area is 141 Å². The molecule has 0 unspecified atom stereocenters. The molecular formula is C18H22N2O2S. The van der Waals surface area contributed by atoms with E-state index in [0.717, 1.165) is 54.4 Å². The van der Waals surface area contributed by atoms with E-state index in [1.54, 1.807) is 18.4 Å². The first kappa shape index (κ1) is 16.0. The van der Waals surface area contributed by atoms with Crippen molar-refractivity contribution >= 4 is 17.2 Å². The lowest BCUT2D eigenvalue weighted by Gasteiger charge is -2.18. The third-order valence-electron chi connectivity index (χ3n) is 4.16. The minimum absolute atomic E-state index is 0.154. The van der Waals surface area contributed by atoms with Crippen LogP contribution in [0.5, 0.6) is 5.75 Å². The normalized spacial score (nSPS) is 15.3. The molecule has 1 fully saturated rings. The fourth-order valence-electron chi connectivity index (χ4n) is 2.85. The van der Waals surface area contributed by atoms with Crippen molar-refractivity contribution in [1.82, 2.24) is 10.2 Å². The van der Waals surface area contributed by atoms with Gasteiger partial charge >= 0.3 is 0 Å². The molecule has 122 valence electrons. The average molecular weight is 330 g/mol. The number of benzene rings is 1. The molecule has 1 aliphatic rings. The van der Waals surface area contributed by atoms with E-state index in [9.17, 15) is 4.79 Å². The van der Waals surface area contributed by atoms with Crippen molar-refractivity contribution in [2.24, 2.45) is 0 Å². The molecule has 0 saturated carbocycles. The Morgan fingerprint density at radius 2 is 2.00 bits per heavy atom. The number of aryl methyl sites for hydroxylation is 1. The lowest BCUT2D eigenvalue weighted by Crippen LogP contribution is -2.33. The number of carbonyl (C=O) groups excluding carboxylic acids is 1. The summed E-state index contributed by atoms with van der Waals surface area (Å²) >= 11 is 1.58. The molecule has 23 heavy (non-hydrogen) atoms. The highest BCUT2D eigenvalue weighted by Gasteiger charge is 2.20. The maximum Gasteiger partial charge on any atom is 0.263 e. The number of rotatable bonds is 3. The number of nitrogens with zero attached hydrogens (tertiary/aromatic N) is 1. The van der Waals surface area contributed by atoms with Gasteiger partial charge in [-0.25, -0.2) is 0 Å². The Balaban J connectivity index is 1.83. The molecule has 0 atom stereocenters. The summed E-state index contributed by atoms with van der Waals surface area (Å²) in [7, 11) is 1.66. The Kier molecular flexibility index (Phi) is 4.98. The number of hydrogen-bond donors (Lipinski definition) is 1. The molecule has 1 N–H and O–H groups in total. The number of carbonyl (C=O) groups is 1. The van der Waals surface area contributed by atoms with Crippen molar-refractivity contribution in [1.29, 1.82) is 0 Å². The van der Waals surface area contributed by atoms with Gasteiger partial charge in [-0.05, 0) is 49.2 Å². The van der Waals surface area contributed by atoms with Crippen LogP contribution in [0, 0.1) is 6.92 Å². The molecule has 1 aromatic carbocycles. The van der Waals surface area contributed by atoms with Crippen LogP contribution in [0.3, 0.4) is 0 Å². The third-order valence-corrected chi connectivity index (χ3v) is 5.20. The van der Waals surface area contributed by atoms with Gasteiger partial charge < -0.3 is 15.0 Å². The Morgan fingerprint density at radius 3 is 2.74 bits per heavy atom. The van der Waals surface area contributed by atoms with Gasteiger partial charge in [-0.2, -0.15) is 0 Å². The zero-order valence-corrected chi connectivity index (χ0v) is 14.4. The van der Waals surface area contributed by atoms with Crippen molar-refractivity contribution in [3.63, 3.8) is 0 Å². The van der Waals surface area contributed by atoms with Crippen LogP contribution < -0.4 is 10.1 Å². The fourth-order valence-corrected chi connectivity index (χ4v) is 3.86. The van der Waals surface area contributed by atoms with Gasteiger partial charge in [0.05, 0.1) is 12.0 Å². The number of nitrogens with one attached hydrogen (secondary N) is 1. The molecule has 1 amide bonds. The minimum atomic E-state index is 0.154. The summed E-state index contributed by atoms with van der Waals surface area (Å²) in [4.78, 5) is 16.7. The van der Waals surface area contributed by atoms with Gasteiger partial charge in [0.25, 0.3) is 5.91 Å². The summed E-state index contributed by atoms with van der Waals surface area (Å²) < 4.78 is 5.21. The Hall–Kier alpha value is -1.85. The van der Waals surface area contributed by atoms with Crippen molar-refractivity contribution < 1.29 is 9.53 Å². The van der Waals surface area contributed by atoms with Crippen LogP contribution in [0.4, 0.5) is 0 Å². The summed E-state index contributed by atoms with van der Waals surface area (Å²) in [5.74, 6) is 0.997. The zero-order chi connectivity index (χ0) is 16.2. The first-order valence-electron chi connectivity index (χ1n) is 7.94. The molecule has 0 bridgehead atoms. The van der Waals surface area contributed by atoms with Gasteiger partial charge in [-0.1, -0.05) is 12.1 Å². The van der Waals surface area contributed by atoms with E-state index in [-0.39, 0.29) is 5.91 Å². The van der Waals surface area contributed by atoms with Crippen LogP contribution in [0.2, 0.25) is 0 Å². The lowest BCUT2D eigenvalue weighted by atomic mass is 10.1. The maximum absolute atomic E-state index is 12.7. The van der Waals surface area contributed by atoms with Crippen LogP contribution >= 0.6 is 11.3 Å². The first-order chi connectivity index (χ1) is 11.2. The minimum Gasteiger partial charge on any atom is -0.497 e. The smallest absolute Gasteiger partial charge is 0.263 e. The molecule has 3 rings (SSSR count). The zero-order valence-electron chi connectivity index (χ0n) is 13.6. The maximum atomic E-state index is 12.7. The Morgan fingerprint density at radius 1 is 1.22 bits per heavy atom. The number of hydrogen-bond acceptors (Lipinski definition) is 4. The van der Waals surface area contributed by atoms with E-state index >= 15 is 0 Å². The molecule has 0 radical (unpaired) electrons. The van der Waals surface area contributed by atoms with Crippen molar-refractivity contribution in [3.05, 3.63) is 40.1 Å². The summed E-state index contributed by atoms with van der Waals surface area (Å²) in [5, 5.41) is 3.33. The predicted octanol–water partition coefficient (Wildman–Crippen LogP) is 3.17. The summed E-state index contributed by atoms with van der Waals surface area (Å²) in [5.41, 5.74) is 2.25. The second-order valence-electron chi connectivity index (χ2n) is 5.70. The largest absolute Gasteiger partial charge is 0.497 e. The monoisotopic (exact) mass is 330 g/mol. The molecule has 1 saturated heterocycles. The standard InChI is InChI=1S/C18H22N2O2S/c1-13-16(14-4-6-15(22-2)7-5-14)12-17(23-13)18(21)20-10-3-8-19-9-11-20/h4-7,12,19H,3,8-11H2,1-2H3. The molecule has 5 heteroatoms. The van der Waals surface area contributed by atoms with Gasteiger partial charge in [-0.3, -0.25) is 4.79 Å². The molecule has 0 spiro atoms.